The zero-order valence-corrected chi connectivity index (χ0v) is 25.3. The number of carbonyl (C=O) groups is 3. The summed E-state index contributed by atoms with van der Waals surface area (Å²) in [6.45, 7) is 12.5. The molecule has 5 rings (SSSR count). The number of likely N-dealkylation sites (tertiary alicyclic amines) is 1. The maximum Gasteiger partial charge on any atom is 0.247 e. The zero-order valence-electron chi connectivity index (χ0n) is 24.5. The Morgan fingerprint density at radius 1 is 1.12 bits per heavy atom. The van der Waals surface area contributed by atoms with Gasteiger partial charge in [0.15, 0.2) is 0 Å². The Labute approximate surface area is 249 Å². The van der Waals surface area contributed by atoms with Crippen molar-refractivity contribution >= 4 is 35.2 Å². The van der Waals surface area contributed by atoms with Crippen molar-refractivity contribution in [2.45, 2.75) is 86.9 Å². The predicted octanol–water partition coefficient (Wildman–Crippen LogP) is 4.66. The standard InChI is InChI=1S/C33H45N3O4S/c1-5-18-34(24-14-10-8-11-15-24)30(38)27-26-20-22(4)33(41-26)28(27)31(39)36(23(7-3)21-37)29(33)32(40)35(19-6-2)25-16-12-9-13-17-25/h5-6,8,10-11,14-15,22-23,25-29,37H,1-2,7,9,12-13,16-21H2,3-4H3/t22?,23-,26-,27+,28-,29?,33?/m0/s1. The number of hydrogen-bond donors (Lipinski definition) is 1. The van der Waals surface area contributed by atoms with Gasteiger partial charge in [0.25, 0.3) is 0 Å². The van der Waals surface area contributed by atoms with Gasteiger partial charge in [-0.1, -0.05) is 63.5 Å². The molecule has 8 heteroatoms. The molecule has 0 radical (unpaired) electrons. The lowest BCUT2D eigenvalue weighted by molar-refractivity contribution is -0.147. The smallest absolute Gasteiger partial charge is 0.247 e. The number of rotatable bonds is 11. The summed E-state index contributed by atoms with van der Waals surface area (Å²) in [4.78, 5) is 49.2. The number of nitrogens with zero attached hydrogens (tertiary/aromatic N) is 3. The van der Waals surface area contributed by atoms with E-state index in [0.717, 1.165) is 37.8 Å². The zero-order chi connectivity index (χ0) is 29.3. The van der Waals surface area contributed by atoms with Gasteiger partial charge >= 0.3 is 0 Å². The fourth-order valence-electron chi connectivity index (χ4n) is 8.18. The second-order valence-electron chi connectivity index (χ2n) is 12.2. The van der Waals surface area contributed by atoms with Gasteiger partial charge in [0.05, 0.1) is 29.2 Å². The monoisotopic (exact) mass is 579 g/mol. The summed E-state index contributed by atoms with van der Waals surface area (Å²) in [7, 11) is 0. The SMILES string of the molecule is C=CCN(C(=O)[C@@H]1[C@@H]2CC(C)C3(S2)C(C(=O)N(CC=C)C2CCCCC2)N([C@@H](CC)CO)C(=O)[C@H]13)c1ccccc1. The fourth-order valence-corrected chi connectivity index (χ4v) is 10.6. The maximum absolute atomic E-state index is 14.8. The largest absolute Gasteiger partial charge is 0.394 e. The summed E-state index contributed by atoms with van der Waals surface area (Å²) in [5.74, 6) is -1.36. The van der Waals surface area contributed by atoms with Crippen LogP contribution in [0.15, 0.2) is 55.6 Å². The van der Waals surface area contributed by atoms with Crippen LogP contribution in [0.1, 0.15) is 58.8 Å². The Morgan fingerprint density at radius 2 is 1.80 bits per heavy atom. The van der Waals surface area contributed by atoms with Crippen molar-refractivity contribution in [3.63, 3.8) is 0 Å². The minimum Gasteiger partial charge on any atom is -0.394 e. The van der Waals surface area contributed by atoms with E-state index in [1.807, 2.05) is 42.2 Å². The van der Waals surface area contributed by atoms with Crippen LogP contribution in [0.4, 0.5) is 5.69 Å². The number of hydrogen-bond acceptors (Lipinski definition) is 5. The second kappa shape index (κ2) is 12.3. The van der Waals surface area contributed by atoms with Gasteiger partial charge in [-0.25, -0.2) is 0 Å². The summed E-state index contributed by atoms with van der Waals surface area (Å²) in [6, 6.07) is 8.47. The molecule has 1 saturated carbocycles. The van der Waals surface area contributed by atoms with Gasteiger partial charge in [-0.05, 0) is 43.7 Å². The quantitative estimate of drug-likeness (QED) is 0.386. The number of aliphatic hydroxyl groups is 1. The van der Waals surface area contributed by atoms with E-state index in [9.17, 15) is 19.5 Å². The van der Waals surface area contributed by atoms with Gasteiger partial charge in [-0.15, -0.1) is 24.9 Å². The number of aliphatic hydroxyl groups excluding tert-OH is 1. The van der Waals surface area contributed by atoms with Crippen LogP contribution in [0.2, 0.25) is 0 Å². The Morgan fingerprint density at radius 3 is 2.41 bits per heavy atom. The lowest BCUT2D eigenvalue weighted by atomic mass is 9.65. The minimum atomic E-state index is -0.716. The van der Waals surface area contributed by atoms with Crippen LogP contribution >= 0.6 is 11.8 Å². The summed E-state index contributed by atoms with van der Waals surface area (Å²) < 4.78 is -0.716. The lowest BCUT2D eigenvalue weighted by Crippen LogP contribution is -2.60. The van der Waals surface area contributed by atoms with Crippen LogP contribution in [-0.4, -0.2) is 80.4 Å². The summed E-state index contributed by atoms with van der Waals surface area (Å²) in [6.07, 6.45) is 10.1. The predicted molar refractivity (Wildman–Crippen MR) is 164 cm³/mol. The van der Waals surface area contributed by atoms with E-state index in [-0.39, 0.29) is 41.5 Å². The number of benzene rings is 1. The van der Waals surface area contributed by atoms with Gasteiger partial charge in [0.1, 0.15) is 6.04 Å². The first-order chi connectivity index (χ1) is 19.8. The van der Waals surface area contributed by atoms with Crippen molar-refractivity contribution in [3.05, 3.63) is 55.6 Å². The molecule has 3 unspecified atom stereocenters. The molecule has 7 atom stereocenters. The lowest BCUT2D eigenvalue weighted by Gasteiger charge is -2.44. The van der Waals surface area contributed by atoms with Gasteiger partial charge in [-0.3, -0.25) is 14.4 Å². The van der Waals surface area contributed by atoms with Gasteiger partial charge < -0.3 is 19.8 Å². The molecule has 4 aliphatic rings. The molecule has 3 amide bonds. The van der Waals surface area contributed by atoms with Crippen molar-refractivity contribution in [3.8, 4) is 0 Å². The molecule has 7 nitrogen and oxygen atoms in total. The topological polar surface area (TPSA) is 81.2 Å². The van der Waals surface area contributed by atoms with Crippen LogP contribution in [0.5, 0.6) is 0 Å². The van der Waals surface area contributed by atoms with Crippen LogP contribution in [-0.2, 0) is 14.4 Å². The van der Waals surface area contributed by atoms with Crippen molar-refractivity contribution in [2.24, 2.45) is 17.8 Å². The van der Waals surface area contributed by atoms with Crippen molar-refractivity contribution in [1.82, 2.24) is 9.80 Å². The van der Waals surface area contributed by atoms with E-state index in [1.54, 1.807) is 33.7 Å². The first kappa shape index (κ1) is 29.9. The van der Waals surface area contributed by atoms with E-state index in [2.05, 4.69) is 20.1 Å². The molecule has 1 spiro atoms. The van der Waals surface area contributed by atoms with Gasteiger partial charge in [0.2, 0.25) is 17.7 Å². The van der Waals surface area contributed by atoms with Crippen molar-refractivity contribution in [1.29, 1.82) is 0 Å². The highest BCUT2D eigenvalue weighted by atomic mass is 32.2. The van der Waals surface area contributed by atoms with Crippen LogP contribution in [0.3, 0.4) is 0 Å². The van der Waals surface area contributed by atoms with Crippen LogP contribution in [0, 0.1) is 17.8 Å². The van der Waals surface area contributed by atoms with Crippen LogP contribution in [0.25, 0.3) is 0 Å². The normalized spacial score (nSPS) is 31.5. The first-order valence-corrected chi connectivity index (χ1v) is 16.2. The highest BCUT2D eigenvalue weighted by Gasteiger charge is 2.77. The third kappa shape index (κ3) is 4.85. The minimum absolute atomic E-state index is 0.0429. The molecule has 4 fully saturated rings. The molecular weight excluding hydrogens is 534 g/mol. The Kier molecular flexibility index (Phi) is 9.00. The number of fused-ring (bicyclic) bond motifs is 1. The molecule has 222 valence electrons. The van der Waals surface area contributed by atoms with Crippen LogP contribution < -0.4 is 4.90 Å². The molecular formula is C33H45N3O4S. The van der Waals surface area contributed by atoms with Gasteiger partial charge in [-0.2, -0.15) is 0 Å². The van der Waals surface area contributed by atoms with Crippen molar-refractivity contribution < 1.29 is 19.5 Å². The molecule has 3 heterocycles. The van der Waals surface area contributed by atoms with E-state index in [1.165, 1.54) is 6.42 Å². The summed E-state index contributed by atoms with van der Waals surface area (Å²) in [5, 5.41) is 10.4. The highest BCUT2D eigenvalue weighted by Crippen LogP contribution is 2.69. The molecule has 3 saturated heterocycles. The first-order valence-electron chi connectivity index (χ1n) is 15.3. The number of para-hydroxylation sites is 1. The number of amides is 3. The second-order valence-corrected chi connectivity index (χ2v) is 13.7. The molecule has 1 N–H and O–H groups in total. The average molecular weight is 580 g/mol. The Balaban J connectivity index is 1.59. The maximum atomic E-state index is 14.8. The number of carbonyl (C=O) groups excluding carboxylic acids is 3. The molecule has 2 bridgehead atoms. The molecule has 0 aromatic heterocycles. The Hall–Kier alpha value is -2.58. The third-order valence-corrected chi connectivity index (χ3v) is 12.1. The molecule has 1 aromatic rings. The summed E-state index contributed by atoms with van der Waals surface area (Å²) >= 11 is 1.70. The van der Waals surface area contributed by atoms with E-state index in [0.29, 0.717) is 19.5 Å². The average Bonchev–Trinajstić information content (AvgIpc) is 3.59. The van der Waals surface area contributed by atoms with E-state index < -0.39 is 28.7 Å². The molecule has 3 aliphatic heterocycles. The van der Waals surface area contributed by atoms with Gasteiger partial charge in [0, 0.05) is 30.1 Å². The van der Waals surface area contributed by atoms with E-state index in [4.69, 9.17) is 0 Å². The molecule has 1 aliphatic carbocycles. The summed E-state index contributed by atoms with van der Waals surface area (Å²) in [5.41, 5.74) is 0.776. The van der Waals surface area contributed by atoms with E-state index >= 15 is 0 Å². The molecule has 1 aromatic carbocycles. The fraction of sp³-hybridized carbons (Fsp3) is 0.606. The number of thioether (sulfide) groups is 1. The number of anilines is 1. The van der Waals surface area contributed by atoms with Crippen molar-refractivity contribution in [2.75, 3.05) is 24.6 Å². The highest BCUT2D eigenvalue weighted by molar-refractivity contribution is 8.02. The third-order valence-electron chi connectivity index (χ3n) is 10.0. The molecule has 41 heavy (non-hydrogen) atoms. The Bertz CT molecular complexity index is 1150.